The molecule has 1 aliphatic heterocycles. The van der Waals surface area contributed by atoms with Crippen molar-refractivity contribution in [3.63, 3.8) is 0 Å². The highest BCUT2D eigenvalue weighted by Crippen LogP contribution is 2.39. The zero-order valence-corrected chi connectivity index (χ0v) is 10.9. The third-order valence-corrected chi connectivity index (χ3v) is 3.40. The van der Waals surface area contributed by atoms with Gasteiger partial charge in [0.25, 0.3) is 0 Å². The van der Waals surface area contributed by atoms with Gasteiger partial charge in [-0.15, -0.1) is 0 Å². The normalized spacial score (nSPS) is 20.7. The molecule has 0 aliphatic carbocycles. The second kappa shape index (κ2) is 4.94. The topological polar surface area (TPSA) is 44.5 Å². The van der Waals surface area contributed by atoms with E-state index in [4.69, 9.17) is 15.2 Å². The van der Waals surface area contributed by atoms with Crippen LogP contribution in [0.3, 0.4) is 0 Å². The van der Waals surface area contributed by atoms with Crippen molar-refractivity contribution in [3.05, 3.63) is 54.1 Å². The van der Waals surface area contributed by atoms with Gasteiger partial charge in [0.15, 0.2) is 0 Å². The molecule has 3 heteroatoms. The van der Waals surface area contributed by atoms with E-state index in [1.807, 2.05) is 48.5 Å². The fraction of sp³-hybridized carbons (Fsp3) is 0.250. The Labute approximate surface area is 113 Å². The summed E-state index contributed by atoms with van der Waals surface area (Å²) < 4.78 is 11.6. The molecule has 1 heterocycles. The summed E-state index contributed by atoms with van der Waals surface area (Å²) in [7, 11) is 0. The Balaban J connectivity index is 1.85. The summed E-state index contributed by atoms with van der Waals surface area (Å²) in [5, 5.41) is 0. The summed E-state index contributed by atoms with van der Waals surface area (Å²) in [6.07, 6.45) is 0.979. The molecule has 2 aromatic carbocycles. The molecule has 0 aromatic heterocycles. The van der Waals surface area contributed by atoms with Crippen molar-refractivity contribution in [2.45, 2.75) is 25.5 Å². The van der Waals surface area contributed by atoms with Crippen LogP contribution in [0.2, 0.25) is 0 Å². The third kappa shape index (κ3) is 2.29. The number of hydrogen-bond donors (Lipinski definition) is 1. The highest BCUT2D eigenvalue weighted by atomic mass is 16.5. The second-order valence-electron chi connectivity index (χ2n) is 4.71. The molecule has 2 aromatic rings. The van der Waals surface area contributed by atoms with E-state index in [-0.39, 0.29) is 12.1 Å². The Hall–Kier alpha value is -2.00. The van der Waals surface area contributed by atoms with Crippen LogP contribution in [0.5, 0.6) is 17.2 Å². The average Bonchev–Trinajstić information content (AvgIpc) is 2.77. The van der Waals surface area contributed by atoms with Crippen LogP contribution in [-0.4, -0.2) is 6.10 Å². The Morgan fingerprint density at radius 2 is 1.89 bits per heavy atom. The smallest absolute Gasteiger partial charge is 0.128 e. The second-order valence-corrected chi connectivity index (χ2v) is 4.71. The molecule has 0 saturated carbocycles. The standard InChI is InChI=1S/C16H17NO2/c1-2-14-16(17)13-10-12(8-9-15(13)19-14)18-11-6-4-3-5-7-11/h3-10,14,16H,2,17H2,1H3. The molecule has 0 saturated heterocycles. The zero-order chi connectivity index (χ0) is 13.2. The van der Waals surface area contributed by atoms with E-state index in [9.17, 15) is 0 Å². The lowest BCUT2D eigenvalue weighted by atomic mass is 10.0. The molecular formula is C16H17NO2. The predicted octanol–water partition coefficient (Wildman–Crippen LogP) is 3.65. The van der Waals surface area contributed by atoms with E-state index in [2.05, 4.69) is 6.92 Å². The average molecular weight is 255 g/mol. The summed E-state index contributed by atoms with van der Waals surface area (Å²) in [4.78, 5) is 0. The minimum Gasteiger partial charge on any atom is -0.488 e. The van der Waals surface area contributed by atoms with Crippen molar-refractivity contribution in [1.29, 1.82) is 0 Å². The van der Waals surface area contributed by atoms with E-state index in [0.29, 0.717) is 0 Å². The molecule has 0 bridgehead atoms. The largest absolute Gasteiger partial charge is 0.488 e. The van der Waals surface area contributed by atoms with E-state index >= 15 is 0 Å². The summed E-state index contributed by atoms with van der Waals surface area (Å²) in [6, 6.07) is 15.5. The maximum Gasteiger partial charge on any atom is 0.128 e. The molecule has 19 heavy (non-hydrogen) atoms. The fourth-order valence-electron chi connectivity index (χ4n) is 2.36. The van der Waals surface area contributed by atoms with E-state index < -0.39 is 0 Å². The molecule has 3 nitrogen and oxygen atoms in total. The summed E-state index contributed by atoms with van der Waals surface area (Å²) >= 11 is 0. The quantitative estimate of drug-likeness (QED) is 0.910. The molecule has 1 aliphatic rings. The van der Waals surface area contributed by atoms with Gasteiger partial charge in [0.1, 0.15) is 23.4 Å². The highest BCUT2D eigenvalue weighted by Gasteiger charge is 2.30. The highest BCUT2D eigenvalue weighted by molar-refractivity contribution is 5.46. The first-order chi connectivity index (χ1) is 9.28. The summed E-state index contributed by atoms with van der Waals surface area (Å²) in [6.45, 7) is 2.08. The van der Waals surface area contributed by atoms with Crippen molar-refractivity contribution in [2.75, 3.05) is 0 Å². The molecule has 0 amide bonds. The van der Waals surface area contributed by atoms with Crippen LogP contribution >= 0.6 is 0 Å². The van der Waals surface area contributed by atoms with Crippen molar-refractivity contribution in [2.24, 2.45) is 5.73 Å². The van der Waals surface area contributed by atoms with Crippen LogP contribution in [0.4, 0.5) is 0 Å². The van der Waals surface area contributed by atoms with Gasteiger partial charge in [-0.25, -0.2) is 0 Å². The van der Waals surface area contributed by atoms with Gasteiger partial charge in [-0.2, -0.15) is 0 Å². The number of fused-ring (bicyclic) bond motifs is 1. The van der Waals surface area contributed by atoms with Gasteiger partial charge in [0.2, 0.25) is 0 Å². The number of benzene rings is 2. The Bertz CT molecular complexity index is 568. The Morgan fingerprint density at radius 1 is 1.11 bits per heavy atom. The first-order valence-electron chi connectivity index (χ1n) is 6.57. The van der Waals surface area contributed by atoms with Crippen LogP contribution in [-0.2, 0) is 0 Å². The van der Waals surface area contributed by atoms with Crippen molar-refractivity contribution in [3.8, 4) is 17.2 Å². The predicted molar refractivity (Wildman–Crippen MR) is 74.6 cm³/mol. The van der Waals surface area contributed by atoms with Crippen LogP contribution in [0, 0.1) is 0 Å². The first-order valence-corrected chi connectivity index (χ1v) is 6.57. The van der Waals surface area contributed by atoms with Gasteiger partial charge in [0, 0.05) is 5.56 Å². The van der Waals surface area contributed by atoms with E-state index in [1.165, 1.54) is 0 Å². The lowest BCUT2D eigenvalue weighted by molar-refractivity contribution is 0.202. The molecule has 2 atom stereocenters. The third-order valence-electron chi connectivity index (χ3n) is 3.40. The van der Waals surface area contributed by atoms with Gasteiger partial charge in [-0.1, -0.05) is 25.1 Å². The van der Waals surface area contributed by atoms with Gasteiger partial charge in [0.05, 0.1) is 6.04 Å². The number of hydrogen-bond acceptors (Lipinski definition) is 3. The van der Waals surface area contributed by atoms with Gasteiger partial charge < -0.3 is 15.2 Å². The number of nitrogens with two attached hydrogens (primary N) is 1. The van der Waals surface area contributed by atoms with Crippen LogP contribution in [0.15, 0.2) is 48.5 Å². The lowest BCUT2D eigenvalue weighted by Gasteiger charge is -2.11. The summed E-state index contributed by atoms with van der Waals surface area (Å²) in [5.74, 6) is 2.49. The molecule has 0 spiro atoms. The zero-order valence-electron chi connectivity index (χ0n) is 10.9. The lowest BCUT2D eigenvalue weighted by Crippen LogP contribution is -2.24. The SMILES string of the molecule is CCC1Oc2ccc(Oc3ccccc3)cc2C1N. The number of ether oxygens (including phenoxy) is 2. The molecular weight excluding hydrogens is 238 g/mol. The van der Waals surface area contributed by atoms with Gasteiger partial charge in [-0.05, 0) is 36.8 Å². The van der Waals surface area contributed by atoms with Crippen LogP contribution in [0.1, 0.15) is 24.9 Å². The molecule has 0 fully saturated rings. The van der Waals surface area contributed by atoms with Crippen molar-refractivity contribution >= 4 is 0 Å². The van der Waals surface area contributed by atoms with Gasteiger partial charge >= 0.3 is 0 Å². The monoisotopic (exact) mass is 255 g/mol. The van der Waals surface area contributed by atoms with Crippen LogP contribution < -0.4 is 15.2 Å². The fourth-order valence-corrected chi connectivity index (χ4v) is 2.36. The summed E-state index contributed by atoms with van der Waals surface area (Å²) in [5.41, 5.74) is 7.21. The first kappa shape index (κ1) is 12.1. The number of para-hydroxylation sites is 1. The van der Waals surface area contributed by atoms with Crippen molar-refractivity contribution in [1.82, 2.24) is 0 Å². The Morgan fingerprint density at radius 3 is 2.63 bits per heavy atom. The Kier molecular flexibility index (Phi) is 3.13. The molecule has 98 valence electrons. The van der Waals surface area contributed by atoms with Crippen LogP contribution in [0.25, 0.3) is 0 Å². The van der Waals surface area contributed by atoms with E-state index in [0.717, 1.165) is 29.2 Å². The van der Waals surface area contributed by atoms with Crippen molar-refractivity contribution < 1.29 is 9.47 Å². The maximum absolute atomic E-state index is 6.18. The molecule has 2 unspecified atom stereocenters. The van der Waals surface area contributed by atoms with E-state index in [1.54, 1.807) is 0 Å². The minimum absolute atomic E-state index is 0.0701. The molecule has 2 N–H and O–H groups in total. The molecule has 3 rings (SSSR count). The molecule has 0 radical (unpaired) electrons. The van der Waals surface area contributed by atoms with Gasteiger partial charge in [-0.3, -0.25) is 0 Å². The maximum atomic E-state index is 6.18. The minimum atomic E-state index is -0.0701. The number of rotatable bonds is 3.